The van der Waals surface area contributed by atoms with E-state index in [1.165, 1.54) is 55.7 Å². The number of aryl methyl sites for hydroxylation is 1. The van der Waals surface area contributed by atoms with Gasteiger partial charge >= 0.3 is 0 Å². The smallest absolute Gasteiger partial charge is 0.0656 e. The van der Waals surface area contributed by atoms with Gasteiger partial charge in [-0.1, -0.05) is 100.0 Å². The van der Waals surface area contributed by atoms with Gasteiger partial charge in [-0.3, -0.25) is 0 Å². The second-order valence-corrected chi connectivity index (χ2v) is 13.4. The van der Waals surface area contributed by atoms with Gasteiger partial charge in [0.25, 0.3) is 0 Å². The van der Waals surface area contributed by atoms with E-state index in [0.717, 1.165) is 11.1 Å². The fourth-order valence-electron chi connectivity index (χ4n) is 3.06. The summed E-state index contributed by atoms with van der Waals surface area (Å²) in [6, 6.07) is 17.6. The van der Waals surface area contributed by atoms with Crippen molar-refractivity contribution < 1.29 is 0 Å². The zero-order valence-electron chi connectivity index (χ0n) is 17.1. The van der Waals surface area contributed by atoms with Crippen LogP contribution >= 0.6 is 0 Å². The maximum Gasteiger partial charge on any atom is 0.0775 e. The summed E-state index contributed by atoms with van der Waals surface area (Å²) in [5, 5.41) is 1.49. The Labute approximate surface area is 162 Å². The molecule has 0 unspecified atom stereocenters. The molecule has 0 aliphatic carbocycles. The molecule has 2 rings (SSSR count). The minimum atomic E-state index is -1.22. The Morgan fingerprint density at radius 2 is 1.15 bits per heavy atom. The van der Waals surface area contributed by atoms with Crippen molar-refractivity contribution in [2.24, 2.45) is 0 Å². The molecule has 0 saturated heterocycles. The second-order valence-electron chi connectivity index (χ2n) is 8.29. The highest BCUT2D eigenvalue weighted by Gasteiger charge is 2.15. The number of hydrogen-bond acceptors (Lipinski definition) is 0. The molecular weight excluding hydrogens is 328 g/mol. The average Bonchev–Trinajstić information content (AvgIpc) is 2.63. The average molecular weight is 363 g/mol. The maximum absolute atomic E-state index is 3.30. The second kappa shape index (κ2) is 10.4. The Kier molecular flexibility index (Phi) is 8.20. The summed E-state index contributed by atoms with van der Waals surface area (Å²) < 4.78 is 0. The number of rotatable bonds is 8. The first-order chi connectivity index (χ1) is 12.5. The van der Waals surface area contributed by atoms with Gasteiger partial charge in [-0.2, -0.15) is 0 Å². The van der Waals surface area contributed by atoms with Gasteiger partial charge in [-0.05, 0) is 42.7 Å². The molecule has 0 saturated carbocycles. The van der Waals surface area contributed by atoms with Crippen LogP contribution in [-0.2, 0) is 6.42 Å². The Balaban J connectivity index is 1.85. The molecule has 0 nitrogen and oxygen atoms in total. The molecule has 0 N–H and O–H groups in total. The molecule has 0 heterocycles. The first-order valence-corrected chi connectivity index (χ1v) is 13.7. The highest BCUT2D eigenvalue weighted by Crippen LogP contribution is 2.11. The van der Waals surface area contributed by atoms with Gasteiger partial charge in [-0.25, -0.2) is 0 Å². The lowest BCUT2D eigenvalue weighted by Crippen LogP contribution is -2.37. The molecule has 0 amide bonds. The van der Waals surface area contributed by atoms with Crippen molar-refractivity contribution in [1.82, 2.24) is 0 Å². The van der Waals surface area contributed by atoms with Crippen LogP contribution in [0.1, 0.15) is 62.1 Å². The van der Waals surface area contributed by atoms with Crippen LogP contribution in [-0.4, -0.2) is 8.07 Å². The van der Waals surface area contributed by atoms with Gasteiger partial charge in [0.15, 0.2) is 0 Å². The molecular formula is C25H34Si. The largest absolute Gasteiger partial charge is 0.0775 e. The normalized spacial score (nSPS) is 11.1. The summed E-state index contributed by atoms with van der Waals surface area (Å²) in [4.78, 5) is 0. The molecule has 0 spiro atoms. The third-order valence-corrected chi connectivity index (χ3v) is 6.94. The van der Waals surface area contributed by atoms with Crippen LogP contribution in [0.5, 0.6) is 0 Å². The van der Waals surface area contributed by atoms with Crippen LogP contribution in [0.3, 0.4) is 0 Å². The molecule has 2 aromatic rings. The predicted octanol–water partition coefficient (Wildman–Crippen LogP) is 6.53. The Morgan fingerprint density at radius 1 is 0.654 bits per heavy atom. The molecule has 0 atom stereocenters. The third-order valence-electron chi connectivity index (χ3n) is 4.88. The fraction of sp³-hybridized carbons (Fsp3) is 0.440. The van der Waals surface area contributed by atoms with Crippen molar-refractivity contribution >= 4 is 13.3 Å². The third kappa shape index (κ3) is 7.22. The first kappa shape index (κ1) is 20.5. The van der Waals surface area contributed by atoms with Crippen molar-refractivity contribution in [3.63, 3.8) is 0 Å². The quantitative estimate of drug-likeness (QED) is 0.284. The van der Waals surface area contributed by atoms with E-state index in [1.54, 1.807) is 0 Å². The minimum Gasteiger partial charge on any atom is -0.0656 e. The van der Waals surface area contributed by atoms with Gasteiger partial charge in [-0.15, -0.1) is 0 Å². The molecule has 0 bridgehead atoms. The van der Waals surface area contributed by atoms with Crippen LogP contribution in [0.15, 0.2) is 48.5 Å². The van der Waals surface area contributed by atoms with E-state index in [9.17, 15) is 0 Å². The predicted molar refractivity (Wildman–Crippen MR) is 119 cm³/mol. The molecule has 0 aromatic heterocycles. The lowest BCUT2D eigenvalue weighted by Gasteiger charge is -2.15. The summed E-state index contributed by atoms with van der Waals surface area (Å²) in [5.74, 6) is 6.59. The monoisotopic (exact) mass is 362 g/mol. The van der Waals surface area contributed by atoms with Crippen molar-refractivity contribution in [2.45, 2.75) is 71.5 Å². The number of hydrogen-bond donors (Lipinski definition) is 0. The van der Waals surface area contributed by atoms with E-state index < -0.39 is 8.07 Å². The van der Waals surface area contributed by atoms with E-state index in [2.05, 4.69) is 86.9 Å². The number of unbranched alkanes of at least 4 members (excludes halogenated alkanes) is 5. The molecule has 0 aliphatic heterocycles. The lowest BCUT2D eigenvalue weighted by atomic mass is 10.0. The van der Waals surface area contributed by atoms with Gasteiger partial charge in [0.1, 0.15) is 0 Å². The zero-order chi connectivity index (χ0) is 18.8. The van der Waals surface area contributed by atoms with E-state index in [4.69, 9.17) is 0 Å². The first-order valence-electron chi connectivity index (χ1n) is 10.2. The summed E-state index contributed by atoms with van der Waals surface area (Å²) in [6.45, 7) is 9.40. The van der Waals surface area contributed by atoms with Crippen LogP contribution in [0.25, 0.3) is 0 Å². The Bertz CT molecular complexity index is 706. The molecule has 0 fully saturated rings. The Hall–Kier alpha value is -1.78. The van der Waals surface area contributed by atoms with Gasteiger partial charge in [0.2, 0.25) is 0 Å². The fourth-order valence-corrected chi connectivity index (χ4v) is 4.23. The van der Waals surface area contributed by atoms with Crippen molar-refractivity contribution in [3.05, 3.63) is 65.2 Å². The summed E-state index contributed by atoms with van der Waals surface area (Å²) >= 11 is 0. The van der Waals surface area contributed by atoms with Gasteiger partial charge in [0.05, 0.1) is 8.07 Å². The van der Waals surface area contributed by atoms with Gasteiger partial charge in [0, 0.05) is 11.1 Å². The molecule has 1 heteroatoms. The highest BCUT2D eigenvalue weighted by molar-refractivity contribution is 6.88. The van der Waals surface area contributed by atoms with E-state index >= 15 is 0 Å². The molecule has 0 aliphatic rings. The van der Waals surface area contributed by atoms with Crippen LogP contribution in [0.4, 0.5) is 0 Å². The minimum absolute atomic E-state index is 1.10. The van der Waals surface area contributed by atoms with Crippen LogP contribution in [0.2, 0.25) is 19.6 Å². The van der Waals surface area contributed by atoms with Gasteiger partial charge < -0.3 is 0 Å². The van der Waals surface area contributed by atoms with Crippen LogP contribution in [0, 0.1) is 11.8 Å². The standard InChI is InChI=1S/C25H34Si/c1-5-6-7-8-9-10-11-22-12-14-23(15-13-22)16-17-24-18-20-25(21-19-24)26(2,3)4/h12-15,18-21H,5-11H2,1-4H3. The van der Waals surface area contributed by atoms with Crippen LogP contribution < -0.4 is 5.19 Å². The van der Waals surface area contributed by atoms with E-state index in [-0.39, 0.29) is 0 Å². The van der Waals surface area contributed by atoms with E-state index in [0.29, 0.717) is 0 Å². The molecule has 2 aromatic carbocycles. The summed E-state index contributed by atoms with van der Waals surface area (Å²) in [6.07, 6.45) is 9.34. The molecule has 138 valence electrons. The lowest BCUT2D eigenvalue weighted by molar-refractivity contribution is 0.607. The Morgan fingerprint density at radius 3 is 1.69 bits per heavy atom. The summed E-state index contributed by atoms with van der Waals surface area (Å²) in [7, 11) is -1.22. The molecule has 0 radical (unpaired) electrons. The van der Waals surface area contributed by atoms with Crippen molar-refractivity contribution in [2.75, 3.05) is 0 Å². The van der Waals surface area contributed by atoms with E-state index in [1.807, 2.05) is 0 Å². The maximum atomic E-state index is 3.30. The molecule has 26 heavy (non-hydrogen) atoms. The van der Waals surface area contributed by atoms with Crippen molar-refractivity contribution in [1.29, 1.82) is 0 Å². The zero-order valence-corrected chi connectivity index (χ0v) is 18.1. The highest BCUT2D eigenvalue weighted by atomic mass is 28.3. The topological polar surface area (TPSA) is 0 Å². The number of benzene rings is 2. The SMILES string of the molecule is CCCCCCCCc1ccc(C#Cc2ccc([Si](C)(C)C)cc2)cc1. The van der Waals surface area contributed by atoms with Crippen molar-refractivity contribution in [3.8, 4) is 11.8 Å². The summed E-state index contributed by atoms with van der Waals surface area (Å²) in [5.41, 5.74) is 3.64.